The third kappa shape index (κ3) is 6.67. The lowest BCUT2D eigenvalue weighted by Gasteiger charge is -2.15. The van der Waals surface area contributed by atoms with Crippen LogP contribution in [0.4, 0.5) is 0 Å². The molecular formula is C12H20N2O4. The first-order valence-corrected chi connectivity index (χ1v) is 5.71. The molecule has 0 saturated heterocycles. The largest absolute Gasteiger partial charge is 0.480 e. The van der Waals surface area contributed by atoms with Crippen LogP contribution in [-0.4, -0.2) is 47.9 Å². The Balaban J connectivity index is 4.23. The van der Waals surface area contributed by atoms with Gasteiger partial charge in [-0.25, -0.2) is 4.79 Å². The lowest BCUT2D eigenvalue weighted by atomic mass is 10.1. The summed E-state index contributed by atoms with van der Waals surface area (Å²) in [5.74, 6) is -1.64. The molecule has 0 aliphatic carbocycles. The topological polar surface area (TPSA) is 86.7 Å². The van der Waals surface area contributed by atoms with Gasteiger partial charge in [0.2, 0.25) is 11.8 Å². The van der Waals surface area contributed by atoms with Crippen LogP contribution in [0.15, 0.2) is 12.7 Å². The van der Waals surface area contributed by atoms with E-state index in [2.05, 4.69) is 11.9 Å². The summed E-state index contributed by atoms with van der Waals surface area (Å²) in [5, 5.41) is 11.3. The molecule has 0 aliphatic rings. The van der Waals surface area contributed by atoms with Gasteiger partial charge < -0.3 is 15.3 Å². The predicted molar refractivity (Wildman–Crippen MR) is 66.9 cm³/mol. The lowest BCUT2D eigenvalue weighted by molar-refractivity contribution is -0.142. The van der Waals surface area contributed by atoms with Crippen molar-refractivity contribution in [2.45, 2.75) is 31.7 Å². The van der Waals surface area contributed by atoms with Crippen LogP contribution in [0, 0.1) is 0 Å². The molecule has 0 aromatic heterocycles. The van der Waals surface area contributed by atoms with Gasteiger partial charge in [-0.15, -0.1) is 6.58 Å². The SMILES string of the molecule is C=CCCC(=O)NC(CCC(=O)N(C)C)C(=O)O. The summed E-state index contributed by atoms with van der Waals surface area (Å²) >= 11 is 0. The van der Waals surface area contributed by atoms with Crippen molar-refractivity contribution in [3.05, 3.63) is 12.7 Å². The van der Waals surface area contributed by atoms with Crippen LogP contribution in [0.25, 0.3) is 0 Å². The minimum atomic E-state index is -1.13. The summed E-state index contributed by atoms with van der Waals surface area (Å²) in [6, 6.07) is -1.02. The zero-order valence-corrected chi connectivity index (χ0v) is 10.8. The fourth-order valence-electron chi connectivity index (χ4n) is 1.25. The molecule has 0 heterocycles. The summed E-state index contributed by atoms with van der Waals surface area (Å²) in [6.45, 7) is 3.48. The van der Waals surface area contributed by atoms with Crippen molar-refractivity contribution in [1.29, 1.82) is 0 Å². The maximum atomic E-state index is 11.4. The summed E-state index contributed by atoms with van der Waals surface area (Å²) < 4.78 is 0. The van der Waals surface area contributed by atoms with Gasteiger partial charge in [0.05, 0.1) is 0 Å². The highest BCUT2D eigenvalue weighted by Crippen LogP contribution is 2.01. The highest BCUT2D eigenvalue weighted by molar-refractivity contribution is 5.84. The second kappa shape index (κ2) is 8.27. The second-order valence-corrected chi connectivity index (χ2v) is 4.11. The third-order valence-electron chi connectivity index (χ3n) is 2.35. The van der Waals surface area contributed by atoms with Crippen LogP contribution in [0.1, 0.15) is 25.7 Å². The van der Waals surface area contributed by atoms with E-state index < -0.39 is 12.0 Å². The van der Waals surface area contributed by atoms with Gasteiger partial charge in [0, 0.05) is 26.9 Å². The number of rotatable bonds is 8. The smallest absolute Gasteiger partial charge is 0.326 e. The number of nitrogens with one attached hydrogen (secondary N) is 1. The molecule has 102 valence electrons. The molecule has 0 aromatic rings. The molecule has 0 saturated carbocycles. The molecule has 6 nitrogen and oxygen atoms in total. The standard InChI is InChI=1S/C12H20N2O4/c1-4-5-6-10(15)13-9(12(17)18)7-8-11(16)14(2)3/h4,9H,1,5-8H2,2-3H3,(H,13,15)(H,17,18). The number of carboxylic acids is 1. The highest BCUT2D eigenvalue weighted by Gasteiger charge is 2.20. The minimum Gasteiger partial charge on any atom is -0.480 e. The van der Waals surface area contributed by atoms with Gasteiger partial charge >= 0.3 is 5.97 Å². The monoisotopic (exact) mass is 256 g/mol. The van der Waals surface area contributed by atoms with Gasteiger partial charge in [-0.2, -0.15) is 0 Å². The van der Waals surface area contributed by atoms with E-state index in [0.29, 0.717) is 6.42 Å². The zero-order chi connectivity index (χ0) is 14.1. The molecule has 0 aromatic carbocycles. The normalized spacial score (nSPS) is 11.4. The Bertz CT molecular complexity index is 326. The maximum Gasteiger partial charge on any atom is 0.326 e. The fourth-order valence-corrected chi connectivity index (χ4v) is 1.25. The molecule has 6 heteroatoms. The number of aliphatic carboxylic acids is 1. The third-order valence-corrected chi connectivity index (χ3v) is 2.35. The van der Waals surface area contributed by atoms with Crippen molar-refractivity contribution < 1.29 is 19.5 Å². The molecule has 0 fully saturated rings. The number of hydrogen-bond acceptors (Lipinski definition) is 3. The van der Waals surface area contributed by atoms with Crippen molar-refractivity contribution in [2.24, 2.45) is 0 Å². The minimum absolute atomic E-state index is 0.0890. The Kier molecular flexibility index (Phi) is 7.42. The summed E-state index contributed by atoms with van der Waals surface area (Å²) in [6.07, 6.45) is 2.46. The average Bonchev–Trinajstić information content (AvgIpc) is 2.30. The summed E-state index contributed by atoms with van der Waals surface area (Å²) in [5.41, 5.74) is 0. The number of carboxylic acid groups (broad SMARTS) is 1. The number of allylic oxidation sites excluding steroid dienone is 1. The average molecular weight is 256 g/mol. The van der Waals surface area contributed by atoms with Crippen molar-refractivity contribution in [2.75, 3.05) is 14.1 Å². The van der Waals surface area contributed by atoms with Gasteiger partial charge in [0.25, 0.3) is 0 Å². The molecule has 0 aliphatic heterocycles. The molecule has 2 N–H and O–H groups in total. The number of hydrogen-bond donors (Lipinski definition) is 2. The Morgan fingerprint density at radius 2 is 1.94 bits per heavy atom. The molecule has 1 unspecified atom stereocenters. The number of amides is 2. The predicted octanol–water partition coefficient (Wildman–Crippen LogP) is 0.390. The molecule has 1 atom stereocenters. The van der Waals surface area contributed by atoms with Gasteiger partial charge in [-0.1, -0.05) is 6.08 Å². The van der Waals surface area contributed by atoms with E-state index in [1.165, 1.54) is 4.90 Å². The number of carbonyl (C=O) groups excluding carboxylic acids is 2. The van der Waals surface area contributed by atoms with Crippen molar-refractivity contribution >= 4 is 17.8 Å². The molecular weight excluding hydrogens is 236 g/mol. The molecule has 18 heavy (non-hydrogen) atoms. The number of carbonyl (C=O) groups is 3. The van der Waals surface area contributed by atoms with Crippen LogP contribution in [0.5, 0.6) is 0 Å². The molecule has 0 radical (unpaired) electrons. The Morgan fingerprint density at radius 1 is 1.33 bits per heavy atom. The van der Waals surface area contributed by atoms with Crippen LogP contribution < -0.4 is 5.32 Å². The molecule has 0 bridgehead atoms. The van der Waals surface area contributed by atoms with E-state index in [0.717, 1.165) is 0 Å². The highest BCUT2D eigenvalue weighted by atomic mass is 16.4. The molecule has 0 spiro atoms. The van der Waals surface area contributed by atoms with Crippen LogP contribution in [0.2, 0.25) is 0 Å². The Morgan fingerprint density at radius 3 is 2.39 bits per heavy atom. The fraction of sp³-hybridized carbons (Fsp3) is 0.583. The second-order valence-electron chi connectivity index (χ2n) is 4.11. The van der Waals surface area contributed by atoms with E-state index in [1.807, 2.05) is 0 Å². The maximum absolute atomic E-state index is 11.4. The Labute approximate surface area is 107 Å². The van der Waals surface area contributed by atoms with Gasteiger partial charge in [-0.3, -0.25) is 9.59 Å². The van der Waals surface area contributed by atoms with Crippen LogP contribution in [0.3, 0.4) is 0 Å². The quantitative estimate of drug-likeness (QED) is 0.615. The molecule has 0 rings (SSSR count). The molecule has 2 amide bonds. The number of nitrogens with zero attached hydrogens (tertiary/aromatic N) is 1. The lowest BCUT2D eigenvalue weighted by Crippen LogP contribution is -2.41. The van der Waals surface area contributed by atoms with Crippen LogP contribution in [-0.2, 0) is 14.4 Å². The van der Waals surface area contributed by atoms with Crippen molar-refractivity contribution in [1.82, 2.24) is 10.2 Å². The van der Waals surface area contributed by atoms with Gasteiger partial charge in [-0.05, 0) is 12.8 Å². The van der Waals surface area contributed by atoms with Gasteiger partial charge in [0.15, 0.2) is 0 Å². The van der Waals surface area contributed by atoms with E-state index >= 15 is 0 Å². The van der Waals surface area contributed by atoms with Crippen LogP contribution >= 0.6 is 0 Å². The van der Waals surface area contributed by atoms with Crippen molar-refractivity contribution in [3.63, 3.8) is 0 Å². The summed E-state index contributed by atoms with van der Waals surface area (Å²) in [4.78, 5) is 35.0. The van der Waals surface area contributed by atoms with Gasteiger partial charge in [0.1, 0.15) is 6.04 Å². The van der Waals surface area contributed by atoms with E-state index in [-0.39, 0.29) is 31.1 Å². The van der Waals surface area contributed by atoms with Crippen molar-refractivity contribution in [3.8, 4) is 0 Å². The first-order valence-electron chi connectivity index (χ1n) is 5.71. The first-order chi connectivity index (χ1) is 8.38. The van der Waals surface area contributed by atoms with E-state index in [4.69, 9.17) is 5.11 Å². The zero-order valence-electron chi connectivity index (χ0n) is 10.8. The van der Waals surface area contributed by atoms with E-state index in [9.17, 15) is 14.4 Å². The Hall–Kier alpha value is -1.85. The van der Waals surface area contributed by atoms with E-state index in [1.54, 1.807) is 20.2 Å². The summed E-state index contributed by atoms with van der Waals surface area (Å²) in [7, 11) is 3.20. The first kappa shape index (κ1) is 16.1.